The zero-order chi connectivity index (χ0) is 26.0. The number of aliphatic carboxylic acids is 2. The number of nitrogens with two attached hydrogens (primary N) is 1. The molecule has 0 aromatic carbocycles. The second-order valence-electron chi connectivity index (χ2n) is 7.98. The Morgan fingerprint density at radius 2 is 1.62 bits per heavy atom. The summed E-state index contributed by atoms with van der Waals surface area (Å²) in [5, 5.41) is 34.6. The fourth-order valence-electron chi connectivity index (χ4n) is 2.90. The van der Waals surface area contributed by atoms with Crippen molar-refractivity contribution >= 4 is 29.7 Å². The summed E-state index contributed by atoms with van der Waals surface area (Å²) in [6, 6.07) is -5.58. The summed E-state index contributed by atoms with van der Waals surface area (Å²) in [7, 11) is 0. The van der Waals surface area contributed by atoms with Crippen LogP contribution in [0.2, 0.25) is 0 Å². The highest BCUT2D eigenvalue weighted by atomic mass is 16.4. The summed E-state index contributed by atoms with van der Waals surface area (Å²) in [6.07, 6.45) is 0.957. The molecule has 0 aliphatic heterocycles. The molecule has 1 aromatic rings. The van der Waals surface area contributed by atoms with E-state index in [1.165, 1.54) is 12.5 Å². The van der Waals surface area contributed by atoms with Crippen LogP contribution in [-0.2, 0) is 30.4 Å². The van der Waals surface area contributed by atoms with Gasteiger partial charge in [-0.1, -0.05) is 20.3 Å². The fraction of sp³-hybridized carbons (Fsp3) is 0.600. The number of imidazole rings is 1. The van der Waals surface area contributed by atoms with Gasteiger partial charge in [0.25, 0.3) is 0 Å². The topological polar surface area (TPSA) is 237 Å². The molecule has 0 fully saturated rings. The number of aromatic amines is 1. The average Bonchev–Trinajstić information content (AvgIpc) is 3.27. The van der Waals surface area contributed by atoms with Crippen molar-refractivity contribution in [1.29, 1.82) is 0 Å². The van der Waals surface area contributed by atoms with Crippen molar-refractivity contribution in [2.24, 2.45) is 11.7 Å². The van der Waals surface area contributed by atoms with Gasteiger partial charge < -0.3 is 42.0 Å². The molecule has 1 rings (SSSR count). The van der Waals surface area contributed by atoms with Crippen molar-refractivity contribution in [3.63, 3.8) is 0 Å². The molecule has 1 heterocycles. The third-order valence-corrected chi connectivity index (χ3v) is 5.23. The van der Waals surface area contributed by atoms with E-state index in [1.807, 2.05) is 12.2 Å². The Kier molecular flexibility index (Phi) is 11.1. The highest BCUT2D eigenvalue weighted by molar-refractivity contribution is 5.95. The quantitative estimate of drug-likeness (QED) is 0.141. The van der Waals surface area contributed by atoms with Crippen LogP contribution in [0.3, 0.4) is 0 Å². The predicted octanol–water partition coefficient (Wildman–Crippen LogP) is -2.28. The third kappa shape index (κ3) is 8.78. The Hall–Kier alpha value is -3.52. The number of carbonyl (C=O) groups is 5. The molecular weight excluding hydrogens is 452 g/mol. The minimum atomic E-state index is -1.73. The number of aliphatic hydroxyl groups excluding tert-OH is 1. The van der Waals surface area contributed by atoms with Gasteiger partial charge in [0.05, 0.1) is 24.9 Å². The first kappa shape index (κ1) is 28.5. The normalized spacial score (nSPS) is 16.3. The molecule has 1 aromatic heterocycles. The number of carboxylic acids is 2. The van der Waals surface area contributed by atoms with E-state index in [2.05, 4.69) is 20.6 Å². The summed E-state index contributed by atoms with van der Waals surface area (Å²) >= 11 is 0. The lowest BCUT2D eigenvalue weighted by Gasteiger charge is -2.25. The Balaban J connectivity index is 3.08. The minimum absolute atomic E-state index is 0.0718. The van der Waals surface area contributed by atoms with Gasteiger partial charge in [0.15, 0.2) is 6.04 Å². The van der Waals surface area contributed by atoms with E-state index >= 15 is 0 Å². The maximum Gasteiger partial charge on any atom is 0.328 e. The molecule has 6 unspecified atom stereocenters. The lowest BCUT2D eigenvalue weighted by atomic mass is 9.98. The SMILES string of the molecule is CCC(C)C(N)C(=O)NC(Cc1cnc[nH]1)C(=O)NC(CC(=O)O)C(=O)NC(C(=O)O)C(C)O. The van der Waals surface area contributed by atoms with Crippen molar-refractivity contribution < 1.29 is 39.3 Å². The summed E-state index contributed by atoms with van der Waals surface area (Å²) in [4.78, 5) is 67.2. The highest BCUT2D eigenvalue weighted by Gasteiger charge is 2.33. The predicted molar refractivity (Wildman–Crippen MR) is 117 cm³/mol. The zero-order valence-electron chi connectivity index (χ0n) is 19.1. The molecule has 14 nitrogen and oxygen atoms in total. The van der Waals surface area contributed by atoms with Gasteiger partial charge in [0.2, 0.25) is 17.7 Å². The number of hydrogen-bond acceptors (Lipinski definition) is 8. The third-order valence-electron chi connectivity index (χ3n) is 5.23. The molecule has 0 radical (unpaired) electrons. The largest absolute Gasteiger partial charge is 0.481 e. The van der Waals surface area contributed by atoms with Crippen LogP contribution in [0.15, 0.2) is 12.5 Å². The highest BCUT2D eigenvalue weighted by Crippen LogP contribution is 2.07. The minimum Gasteiger partial charge on any atom is -0.481 e. The van der Waals surface area contributed by atoms with Gasteiger partial charge in [-0.25, -0.2) is 9.78 Å². The molecule has 0 bridgehead atoms. The first-order valence-corrected chi connectivity index (χ1v) is 10.6. The Morgan fingerprint density at radius 3 is 2.09 bits per heavy atom. The summed E-state index contributed by atoms with van der Waals surface area (Å²) in [6.45, 7) is 4.74. The second-order valence-corrected chi connectivity index (χ2v) is 7.98. The molecule has 0 aliphatic rings. The number of nitrogens with one attached hydrogen (secondary N) is 4. The molecule has 3 amide bonds. The van der Waals surface area contributed by atoms with Crippen molar-refractivity contribution in [1.82, 2.24) is 25.9 Å². The van der Waals surface area contributed by atoms with E-state index < -0.39 is 66.4 Å². The van der Waals surface area contributed by atoms with Crippen LogP contribution in [-0.4, -0.2) is 85.2 Å². The second kappa shape index (κ2) is 13.3. The average molecular weight is 485 g/mol. The van der Waals surface area contributed by atoms with Gasteiger partial charge in [-0.05, 0) is 12.8 Å². The Bertz CT molecular complexity index is 859. The molecule has 0 aliphatic carbocycles. The van der Waals surface area contributed by atoms with E-state index in [0.717, 1.165) is 6.92 Å². The first-order chi connectivity index (χ1) is 15.9. The van der Waals surface area contributed by atoms with Crippen LogP contribution < -0.4 is 21.7 Å². The van der Waals surface area contributed by atoms with Crippen LogP contribution in [0.5, 0.6) is 0 Å². The van der Waals surface area contributed by atoms with E-state index in [-0.39, 0.29) is 12.3 Å². The van der Waals surface area contributed by atoms with Crippen molar-refractivity contribution in [3.05, 3.63) is 18.2 Å². The van der Waals surface area contributed by atoms with Crippen molar-refractivity contribution in [2.45, 2.75) is 70.3 Å². The Morgan fingerprint density at radius 1 is 1.03 bits per heavy atom. The molecule has 0 saturated heterocycles. The van der Waals surface area contributed by atoms with E-state index in [0.29, 0.717) is 12.1 Å². The molecule has 9 N–H and O–H groups in total. The number of carboxylic acid groups (broad SMARTS) is 2. The van der Waals surface area contributed by atoms with Crippen LogP contribution in [0.4, 0.5) is 0 Å². The summed E-state index contributed by atoms with van der Waals surface area (Å²) in [5.41, 5.74) is 6.40. The standard InChI is InChI=1S/C20H32N6O8/c1-4-9(2)15(21)19(32)25-12(5-11-7-22-8-23-11)17(30)24-13(6-14(28)29)18(31)26-16(10(3)27)20(33)34/h7-10,12-13,15-16,27H,4-6,21H2,1-3H3,(H,22,23)(H,24,30)(H,25,32)(H,26,31)(H,28,29)(H,33,34). The number of aliphatic hydroxyl groups is 1. The van der Waals surface area contributed by atoms with Crippen molar-refractivity contribution in [2.75, 3.05) is 0 Å². The zero-order valence-corrected chi connectivity index (χ0v) is 19.1. The lowest BCUT2D eigenvalue weighted by molar-refractivity contribution is -0.146. The van der Waals surface area contributed by atoms with Gasteiger partial charge in [-0.3, -0.25) is 19.2 Å². The van der Waals surface area contributed by atoms with Gasteiger partial charge in [-0.15, -0.1) is 0 Å². The van der Waals surface area contributed by atoms with Crippen LogP contribution in [0.1, 0.15) is 39.3 Å². The van der Waals surface area contributed by atoms with Gasteiger partial charge in [0.1, 0.15) is 12.1 Å². The number of H-pyrrole nitrogens is 1. The Labute approximate surface area is 195 Å². The summed E-state index contributed by atoms with van der Waals surface area (Å²) in [5.74, 6) is -5.83. The summed E-state index contributed by atoms with van der Waals surface area (Å²) < 4.78 is 0. The molecular formula is C20H32N6O8. The van der Waals surface area contributed by atoms with Crippen LogP contribution in [0, 0.1) is 5.92 Å². The molecule has 6 atom stereocenters. The van der Waals surface area contributed by atoms with Gasteiger partial charge in [0, 0.05) is 18.3 Å². The van der Waals surface area contributed by atoms with Crippen LogP contribution >= 0.6 is 0 Å². The van der Waals surface area contributed by atoms with E-state index in [1.54, 1.807) is 6.92 Å². The smallest absolute Gasteiger partial charge is 0.328 e. The number of rotatable bonds is 14. The number of amides is 3. The first-order valence-electron chi connectivity index (χ1n) is 10.6. The van der Waals surface area contributed by atoms with Crippen LogP contribution in [0.25, 0.3) is 0 Å². The number of aromatic nitrogens is 2. The van der Waals surface area contributed by atoms with Gasteiger partial charge in [-0.2, -0.15) is 0 Å². The maximum atomic E-state index is 13.0. The monoisotopic (exact) mass is 484 g/mol. The van der Waals surface area contributed by atoms with Crippen molar-refractivity contribution in [3.8, 4) is 0 Å². The number of hydrogen-bond donors (Lipinski definition) is 8. The van der Waals surface area contributed by atoms with E-state index in [4.69, 9.17) is 15.9 Å². The molecule has 0 spiro atoms. The van der Waals surface area contributed by atoms with Gasteiger partial charge >= 0.3 is 11.9 Å². The van der Waals surface area contributed by atoms with E-state index in [9.17, 15) is 29.1 Å². The molecule has 34 heavy (non-hydrogen) atoms. The maximum absolute atomic E-state index is 13.0. The molecule has 190 valence electrons. The molecule has 14 heteroatoms. The molecule has 0 saturated carbocycles. The number of nitrogens with zero attached hydrogens (tertiary/aromatic N) is 1. The lowest BCUT2D eigenvalue weighted by Crippen LogP contribution is -2.59. The fourth-order valence-corrected chi connectivity index (χ4v) is 2.90. The number of carbonyl (C=O) groups excluding carboxylic acids is 3.